The molecule has 0 bridgehead atoms. The Hall–Kier alpha value is -3.13. The number of oxazole rings is 1. The van der Waals surface area contributed by atoms with Crippen molar-refractivity contribution in [3.8, 4) is 0 Å². The van der Waals surface area contributed by atoms with E-state index in [1.165, 1.54) is 12.3 Å². The highest BCUT2D eigenvalue weighted by Gasteiger charge is 2.31. The van der Waals surface area contributed by atoms with Crippen molar-refractivity contribution >= 4 is 5.91 Å². The monoisotopic (exact) mass is 443 g/mol. The fourth-order valence-corrected chi connectivity index (χ4v) is 3.50. The van der Waals surface area contributed by atoms with Gasteiger partial charge in [0.05, 0.1) is 12.1 Å². The largest absolute Gasteiger partial charge is 0.447 e. The molecular weight excluding hydrogens is 419 g/mol. The average molecular weight is 443 g/mol. The molecule has 3 aromatic rings. The standard InChI is InChI=1S/C24H24F3N3O2/c1-16(18-7-3-2-4-8-18)30(13-17-6-5-9-19(12-17)24(25,26)27)14-22-29-21(15-32-22)23(31)28-20-10-11-20/h2-9,12,15-16,20H,10-11,13-14H2,1H3,(H,28,31). The Kier molecular flexibility index (Phi) is 6.32. The fraction of sp³-hybridized carbons (Fsp3) is 0.333. The molecule has 5 nitrogen and oxygen atoms in total. The van der Waals surface area contributed by atoms with Gasteiger partial charge in [0, 0.05) is 18.6 Å². The number of carbonyl (C=O) groups is 1. The number of benzene rings is 2. The van der Waals surface area contributed by atoms with Crippen molar-refractivity contribution in [2.45, 2.75) is 51.1 Å². The predicted octanol–water partition coefficient (Wildman–Crippen LogP) is 5.35. The maximum atomic E-state index is 13.2. The third-order valence-electron chi connectivity index (χ3n) is 5.50. The van der Waals surface area contributed by atoms with Gasteiger partial charge in [0.25, 0.3) is 5.91 Å². The van der Waals surface area contributed by atoms with Gasteiger partial charge in [-0.1, -0.05) is 48.5 Å². The molecule has 0 aliphatic heterocycles. The topological polar surface area (TPSA) is 58.4 Å². The first-order chi connectivity index (χ1) is 15.3. The van der Waals surface area contributed by atoms with Crippen LogP contribution in [-0.2, 0) is 19.3 Å². The zero-order valence-corrected chi connectivity index (χ0v) is 17.6. The summed E-state index contributed by atoms with van der Waals surface area (Å²) in [6.07, 6.45) is -1.15. The summed E-state index contributed by atoms with van der Waals surface area (Å²) >= 11 is 0. The van der Waals surface area contributed by atoms with Crippen LogP contribution in [0.4, 0.5) is 13.2 Å². The van der Waals surface area contributed by atoms with E-state index in [0.717, 1.165) is 30.5 Å². The predicted molar refractivity (Wildman–Crippen MR) is 113 cm³/mol. The summed E-state index contributed by atoms with van der Waals surface area (Å²) in [6.45, 7) is 2.47. The molecule has 0 saturated heterocycles. The number of carbonyl (C=O) groups excluding carboxylic acids is 1. The summed E-state index contributed by atoms with van der Waals surface area (Å²) in [5.74, 6) is 0.0590. The smallest absolute Gasteiger partial charge is 0.416 e. The van der Waals surface area contributed by atoms with Crippen molar-refractivity contribution in [2.24, 2.45) is 0 Å². The van der Waals surface area contributed by atoms with Crippen LogP contribution in [0.2, 0.25) is 0 Å². The minimum Gasteiger partial charge on any atom is -0.447 e. The molecule has 1 unspecified atom stereocenters. The number of halogens is 3. The fourth-order valence-electron chi connectivity index (χ4n) is 3.50. The van der Waals surface area contributed by atoms with Crippen LogP contribution in [0, 0.1) is 0 Å². The van der Waals surface area contributed by atoms with Crippen LogP contribution < -0.4 is 5.32 Å². The van der Waals surface area contributed by atoms with E-state index in [-0.39, 0.29) is 36.8 Å². The van der Waals surface area contributed by atoms with Gasteiger partial charge in [-0.05, 0) is 37.0 Å². The summed E-state index contributed by atoms with van der Waals surface area (Å²) in [6, 6.07) is 15.1. The van der Waals surface area contributed by atoms with Crippen molar-refractivity contribution in [2.75, 3.05) is 0 Å². The first-order valence-electron chi connectivity index (χ1n) is 10.5. The molecule has 32 heavy (non-hydrogen) atoms. The molecule has 1 saturated carbocycles. The van der Waals surface area contributed by atoms with Crippen molar-refractivity contribution in [1.82, 2.24) is 15.2 Å². The Balaban J connectivity index is 1.55. The van der Waals surface area contributed by atoms with Crippen LogP contribution in [-0.4, -0.2) is 21.8 Å². The summed E-state index contributed by atoms with van der Waals surface area (Å²) in [7, 11) is 0. The lowest BCUT2D eigenvalue weighted by Crippen LogP contribution is -2.27. The molecule has 1 atom stereocenters. The third-order valence-corrected chi connectivity index (χ3v) is 5.50. The Labute approximate surface area is 184 Å². The number of aromatic nitrogens is 1. The molecular formula is C24H24F3N3O2. The van der Waals surface area contributed by atoms with E-state index in [4.69, 9.17) is 4.42 Å². The Bertz CT molecular complexity index is 1060. The van der Waals surface area contributed by atoms with Crippen molar-refractivity contribution in [1.29, 1.82) is 0 Å². The van der Waals surface area contributed by atoms with E-state index in [1.807, 2.05) is 42.2 Å². The van der Waals surface area contributed by atoms with Crippen LogP contribution in [0.15, 0.2) is 65.3 Å². The van der Waals surface area contributed by atoms with E-state index in [1.54, 1.807) is 6.07 Å². The second-order valence-electron chi connectivity index (χ2n) is 8.06. The van der Waals surface area contributed by atoms with E-state index in [2.05, 4.69) is 10.3 Å². The van der Waals surface area contributed by atoms with E-state index < -0.39 is 11.7 Å². The summed E-state index contributed by atoms with van der Waals surface area (Å²) in [5.41, 5.74) is 1.06. The van der Waals surface area contributed by atoms with Crippen molar-refractivity contribution < 1.29 is 22.4 Å². The molecule has 1 fully saturated rings. The van der Waals surface area contributed by atoms with Crippen molar-refractivity contribution in [3.05, 3.63) is 89.1 Å². The van der Waals surface area contributed by atoms with E-state index in [9.17, 15) is 18.0 Å². The number of alkyl halides is 3. The zero-order valence-electron chi connectivity index (χ0n) is 17.6. The van der Waals surface area contributed by atoms with Crippen LogP contribution >= 0.6 is 0 Å². The lowest BCUT2D eigenvalue weighted by Gasteiger charge is -2.28. The van der Waals surface area contributed by atoms with Gasteiger partial charge in [-0.2, -0.15) is 13.2 Å². The molecule has 2 aromatic carbocycles. The summed E-state index contributed by atoms with van der Waals surface area (Å²) in [4.78, 5) is 18.5. The minimum atomic E-state index is -4.40. The minimum absolute atomic E-state index is 0.124. The lowest BCUT2D eigenvalue weighted by molar-refractivity contribution is -0.137. The Morgan fingerprint density at radius 2 is 1.91 bits per heavy atom. The zero-order chi connectivity index (χ0) is 22.7. The quantitative estimate of drug-likeness (QED) is 0.510. The molecule has 1 aliphatic carbocycles. The summed E-state index contributed by atoms with van der Waals surface area (Å²) < 4.78 is 45.0. The Morgan fingerprint density at radius 1 is 1.16 bits per heavy atom. The molecule has 168 valence electrons. The van der Waals surface area contributed by atoms with Crippen LogP contribution in [0.25, 0.3) is 0 Å². The van der Waals surface area contributed by atoms with Crippen LogP contribution in [0.1, 0.15) is 58.9 Å². The molecule has 4 rings (SSSR count). The number of hydrogen-bond donors (Lipinski definition) is 1. The number of amides is 1. The van der Waals surface area contributed by atoms with Gasteiger partial charge < -0.3 is 9.73 Å². The second kappa shape index (κ2) is 9.16. The van der Waals surface area contributed by atoms with E-state index in [0.29, 0.717) is 11.5 Å². The maximum absolute atomic E-state index is 13.2. The van der Waals surface area contributed by atoms with Crippen LogP contribution in [0.5, 0.6) is 0 Å². The molecule has 0 spiro atoms. The first-order valence-corrected chi connectivity index (χ1v) is 10.5. The van der Waals surface area contributed by atoms with Gasteiger partial charge in [-0.25, -0.2) is 4.98 Å². The molecule has 0 radical (unpaired) electrons. The van der Waals surface area contributed by atoms with Crippen molar-refractivity contribution in [3.63, 3.8) is 0 Å². The highest BCUT2D eigenvalue weighted by atomic mass is 19.4. The Morgan fingerprint density at radius 3 is 2.59 bits per heavy atom. The van der Waals surface area contributed by atoms with E-state index >= 15 is 0 Å². The molecule has 1 N–H and O–H groups in total. The molecule has 1 aromatic heterocycles. The first kappa shape index (κ1) is 22.1. The van der Waals surface area contributed by atoms with Gasteiger partial charge in [-0.3, -0.25) is 9.69 Å². The molecule has 1 aliphatic rings. The second-order valence-corrected chi connectivity index (χ2v) is 8.06. The van der Waals surface area contributed by atoms with Crippen LogP contribution in [0.3, 0.4) is 0 Å². The van der Waals surface area contributed by atoms with Gasteiger partial charge >= 0.3 is 6.18 Å². The summed E-state index contributed by atoms with van der Waals surface area (Å²) in [5, 5.41) is 2.86. The molecule has 8 heteroatoms. The molecule has 1 heterocycles. The van der Waals surface area contributed by atoms with Gasteiger partial charge in [-0.15, -0.1) is 0 Å². The normalized spacial score (nSPS) is 15.0. The number of nitrogens with one attached hydrogen (secondary N) is 1. The van der Waals surface area contributed by atoms with Gasteiger partial charge in [0.1, 0.15) is 6.26 Å². The lowest BCUT2D eigenvalue weighted by atomic mass is 10.0. The SMILES string of the molecule is CC(c1ccccc1)N(Cc1cccc(C(F)(F)F)c1)Cc1nc(C(=O)NC2CC2)co1. The third kappa shape index (κ3) is 5.56. The average Bonchev–Trinajstić information content (AvgIpc) is 3.47. The van der Waals surface area contributed by atoms with Gasteiger partial charge in [0.15, 0.2) is 5.69 Å². The highest BCUT2D eigenvalue weighted by molar-refractivity contribution is 5.92. The maximum Gasteiger partial charge on any atom is 0.416 e. The van der Waals surface area contributed by atoms with Gasteiger partial charge in [0.2, 0.25) is 5.89 Å². The number of nitrogens with zero attached hydrogens (tertiary/aromatic N) is 2. The highest BCUT2D eigenvalue weighted by Crippen LogP contribution is 2.31. The molecule has 1 amide bonds. The number of rotatable bonds is 8. The number of hydrogen-bond acceptors (Lipinski definition) is 4.